The largest absolute Gasteiger partial charge is 0.278 e. The monoisotopic (exact) mass is 331 g/mol. The van der Waals surface area contributed by atoms with Gasteiger partial charge in [0.05, 0.1) is 18.3 Å². The van der Waals surface area contributed by atoms with Crippen molar-refractivity contribution in [3.63, 3.8) is 0 Å². The Labute approximate surface area is 143 Å². The first-order valence-corrected chi connectivity index (χ1v) is 7.72. The van der Waals surface area contributed by atoms with Crippen LogP contribution >= 0.6 is 0 Å². The van der Waals surface area contributed by atoms with Crippen LogP contribution in [0, 0.1) is 19.3 Å². The third-order valence-corrected chi connectivity index (χ3v) is 4.27. The molecule has 0 amide bonds. The summed E-state index contributed by atoms with van der Waals surface area (Å²) in [5.41, 5.74) is 4.54. The number of aryl methyl sites for hydroxylation is 2. The molecule has 4 aromatic rings. The van der Waals surface area contributed by atoms with Crippen molar-refractivity contribution in [1.82, 2.24) is 20.0 Å². The number of hydrogen-bond acceptors (Lipinski definition) is 2. The van der Waals surface area contributed by atoms with Crippen LogP contribution in [-0.2, 0) is 7.05 Å². The lowest BCUT2D eigenvalue weighted by Crippen LogP contribution is -1.89. The van der Waals surface area contributed by atoms with Crippen molar-refractivity contribution >= 4 is 16.6 Å². The fourth-order valence-electron chi connectivity index (χ4n) is 3.08. The van der Waals surface area contributed by atoms with Crippen LogP contribution in [0.4, 0.5) is 10.1 Å². The van der Waals surface area contributed by atoms with Gasteiger partial charge in [-0.1, -0.05) is 18.2 Å². The standard InChI is InChI=1S/C19H14FN5/c1-11-5-4-6-15(20)18(11)13-7-14-17(8-16(13)21-2)23-24-19(14)12-9-22-25(3)10-12/h4-10H,1,3H3,(H,23,24). The summed E-state index contributed by atoms with van der Waals surface area (Å²) in [6.07, 6.45) is 3.60. The van der Waals surface area contributed by atoms with Crippen LogP contribution in [0.1, 0.15) is 5.56 Å². The van der Waals surface area contributed by atoms with Gasteiger partial charge in [-0.2, -0.15) is 10.2 Å². The molecule has 0 saturated heterocycles. The number of nitrogens with one attached hydrogen (secondary N) is 1. The number of nitrogens with zero attached hydrogens (tertiary/aromatic N) is 4. The predicted octanol–water partition coefficient (Wildman–Crippen LogP) is 4.63. The summed E-state index contributed by atoms with van der Waals surface area (Å²) < 4.78 is 16.2. The molecule has 0 aliphatic carbocycles. The van der Waals surface area contributed by atoms with E-state index >= 15 is 0 Å². The molecule has 4 rings (SSSR count). The Morgan fingerprint density at radius 1 is 1.28 bits per heavy atom. The Hall–Kier alpha value is -3.46. The number of aromatic amines is 1. The van der Waals surface area contributed by atoms with Gasteiger partial charge in [-0.3, -0.25) is 9.78 Å². The molecule has 0 radical (unpaired) electrons. The zero-order valence-electron chi connectivity index (χ0n) is 13.7. The Bertz CT molecular complexity index is 1130. The maximum absolute atomic E-state index is 14.5. The molecule has 0 saturated carbocycles. The lowest BCUT2D eigenvalue weighted by atomic mass is 9.96. The molecule has 0 fully saturated rings. The second-order valence-electron chi connectivity index (χ2n) is 5.93. The fourth-order valence-corrected chi connectivity index (χ4v) is 3.08. The van der Waals surface area contributed by atoms with Crippen molar-refractivity contribution in [1.29, 1.82) is 0 Å². The van der Waals surface area contributed by atoms with E-state index in [2.05, 4.69) is 20.1 Å². The fraction of sp³-hybridized carbons (Fsp3) is 0.105. The van der Waals surface area contributed by atoms with E-state index in [0.717, 1.165) is 27.7 Å². The van der Waals surface area contributed by atoms with E-state index in [9.17, 15) is 4.39 Å². The highest BCUT2D eigenvalue weighted by Crippen LogP contribution is 2.39. The highest BCUT2D eigenvalue weighted by Gasteiger charge is 2.17. The van der Waals surface area contributed by atoms with Gasteiger partial charge in [0.1, 0.15) is 11.5 Å². The molecule has 122 valence electrons. The van der Waals surface area contributed by atoms with Crippen LogP contribution in [0.5, 0.6) is 0 Å². The summed E-state index contributed by atoms with van der Waals surface area (Å²) in [6.45, 7) is 9.32. The number of fused-ring (bicyclic) bond motifs is 1. The van der Waals surface area contributed by atoms with Crippen LogP contribution in [0.25, 0.3) is 38.1 Å². The van der Waals surface area contributed by atoms with Gasteiger partial charge in [0.15, 0.2) is 5.69 Å². The van der Waals surface area contributed by atoms with E-state index in [-0.39, 0.29) is 5.82 Å². The Balaban J connectivity index is 2.03. The zero-order chi connectivity index (χ0) is 17.6. The van der Waals surface area contributed by atoms with Crippen molar-refractivity contribution in [2.45, 2.75) is 6.92 Å². The molecule has 0 bridgehead atoms. The number of H-pyrrole nitrogens is 1. The quantitative estimate of drug-likeness (QED) is 0.545. The summed E-state index contributed by atoms with van der Waals surface area (Å²) in [6, 6.07) is 8.48. The number of hydrogen-bond donors (Lipinski definition) is 1. The van der Waals surface area contributed by atoms with Gasteiger partial charge in [0.25, 0.3) is 0 Å². The number of rotatable bonds is 2. The van der Waals surface area contributed by atoms with Crippen LogP contribution in [0.3, 0.4) is 0 Å². The van der Waals surface area contributed by atoms with Crippen LogP contribution in [0.2, 0.25) is 0 Å². The first kappa shape index (κ1) is 15.1. The third kappa shape index (κ3) is 2.37. The van der Waals surface area contributed by atoms with Crippen molar-refractivity contribution in [2.75, 3.05) is 0 Å². The highest BCUT2D eigenvalue weighted by atomic mass is 19.1. The van der Waals surface area contributed by atoms with Crippen molar-refractivity contribution in [3.8, 4) is 22.4 Å². The number of halogens is 1. The molecule has 5 nitrogen and oxygen atoms in total. The second-order valence-corrected chi connectivity index (χ2v) is 5.93. The smallest absolute Gasteiger partial charge is 0.197 e. The van der Waals surface area contributed by atoms with Crippen molar-refractivity contribution < 1.29 is 4.39 Å². The normalized spacial score (nSPS) is 11.0. The molecule has 2 heterocycles. The maximum Gasteiger partial charge on any atom is 0.197 e. The van der Waals surface area contributed by atoms with Gasteiger partial charge in [0, 0.05) is 29.8 Å². The molecule has 2 aromatic carbocycles. The topological polar surface area (TPSA) is 50.9 Å². The maximum atomic E-state index is 14.5. The molecule has 0 aliphatic heterocycles. The first-order valence-electron chi connectivity index (χ1n) is 7.72. The molecule has 6 heteroatoms. The van der Waals surface area contributed by atoms with Gasteiger partial charge in [-0.25, -0.2) is 9.24 Å². The Morgan fingerprint density at radius 2 is 2.12 bits per heavy atom. The zero-order valence-corrected chi connectivity index (χ0v) is 13.7. The summed E-state index contributed by atoms with van der Waals surface area (Å²) in [7, 11) is 1.84. The molecule has 0 atom stereocenters. The highest BCUT2D eigenvalue weighted by molar-refractivity contribution is 6.00. The minimum absolute atomic E-state index is 0.337. The third-order valence-electron chi connectivity index (χ3n) is 4.27. The van der Waals surface area contributed by atoms with E-state index in [1.165, 1.54) is 6.07 Å². The van der Waals surface area contributed by atoms with E-state index in [4.69, 9.17) is 6.57 Å². The van der Waals surface area contributed by atoms with E-state index in [1.807, 2.05) is 32.3 Å². The average Bonchev–Trinajstić information content (AvgIpc) is 3.19. The van der Waals surface area contributed by atoms with Gasteiger partial charge in [-0.15, -0.1) is 0 Å². The average molecular weight is 331 g/mol. The molecule has 25 heavy (non-hydrogen) atoms. The lowest BCUT2D eigenvalue weighted by molar-refractivity contribution is 0.630. The number of aromatic nitrogens is 4. The predicted molar refractivity (Wildman–Crippen MR) is 94.7 cm³/mol. The molecule has 2 aromatic heterocycles. The van der Waals surface area contributed by atoms with Crippen molar-refractivity contribution in [2.24, 2.45) is 7.05 Å². The minimum atomic E-state index is -0.337. The number of benzene rings is 2. The second kappa shape index (κ2) is 5.56. The Kier molecular flexibility index (Phi) is 3.36. The van der Waals surface area contributed by atoms with Gasteiger partial charge >= 0.3 is 0 Å². The molecule has 1 N–H and O–H groups in total. The molecular formula is C19H14FN5. The lowest BCUT2D eigenvalue weighted by Gasteiger charge is -2.10. The van der Waals surface area contributed by atoms with Crippen LogP contribution in [-0.4, -0.2) is 20.0 Å². The van der Waals surface area contributed by atoms with Crippen molar-refractivity contribution in [3.05, 3.63) is 65.5 Å². The molecular weight excluding hydrogens is 317 g/mol. The van der Waals surface area contributed by atoms with Gasteiger partial charge in [0.2, 0.25) is 0 Å². The van der Waals surface area contributed by atoms with E-state index in [0.29, 0.717) is 16.8 Å². The Morgan fingerprint density at radius 3 is 2.80 bits per heavy atom. The SMILES string of the molecule is [C-]#[N+]c1cc2[nH]nc(-c3cnn(C)c3)c2cc1-c1c(C)cccc1F. The summed E-state index contributed by atoms with van der Waals surface area (Å²) >= 11 is 0. The van der Waals surface area contributed by atoms with Gasteiger partial charge in [-0.05, 0) is 30.2 Å². The van der Waals surface area contributed by atoms with Crippen LogP contribution < -0.4 is 0 Å². The van der Waals surface area contributed by atoms with Gasteiger partial charge < -0.3 is 0 Å². The molecule has 0 unspecified atom stereocenters. The summed E-state index contributed by atoms with van der Waals surface area (Å²) in [4.78, 5) is 3.58. The summed E-state index contributed by atoms with van der Waals surface area (Å²) in [5.74, 6) is -0.337. The van der Waals surface area contributed by atoms with E-state index < -0.39 is 0 Å². The van der Waals surface area contributed by atoms with E-state index in [1.54, 1.807) is 23.0 Å². The molecule has 0 aliphatic rings. The minimum Gasteiger partial charge on any atom is -0.278 e. The summed E-state index contributed by atoms with van der Waals surface area (Å²) in [5, 5.41) is 12.3. The van der Waals surface area contributed by atoms with Crippen LogP contribution in [0.15, 0.2) is 42.7 Å². The first-order chi connectivity index (χ1) is 12.1. The molecule has 0 spiro atoms.